The first kappa shape index (κ1) is 13.0. The van der Waals surface area contributed by atoms with E-state index in [9.17, 15) is 0 Å². The molecule has 2 aliphatic rings. The van der Waals surface area contributed by atoms with Gasteiger partial charge in [0.1, 0.15) is 0 Å². The Bertz CT molecular complexity index is 137. The molecule has 1 heteroatoms. The lowest BCUT2D eigenvalue weighted by Gasteiger charge is -2.44. The molecule has 15 heavy (non-hydrogen) atoms. The highest BCUT2D eigenvalue weighted by molar-refractivity contribution is 4.91. The van der Waals surface area contributed by atoms with Gasteiger partial charge in [0.15, 0.2) is 0 Å². The Morgan fingerprint density at radius 3 is 1.93 bits per heavy atom. The van der Waals surface area contributed by atoms with Crippen LogP contribution in [0.2, 0.25) is 0 Å². The van der Waals surface area contributed by atoms with Gasteiger partial charge in [-0.05, 0) is 43.9 Å². The number of hydrogen-bond donors (Lipinski definition) is 1. The highest BCUT2D eigenvalue weighted by Crippen LogP contribution is 2.43. The second-order valence-corrected chi connectivity index (χ2v) is 5.50. The van der Waals surface area contributed by atoms with Crippen LogP contribution in [0, 0.1) is 11.3 Å². The fourth-order valence-electron chi connectivity index (χ4n) is 2.91. The van der Waals surface area contributed by atoms with Gasteiger partial charge in [-0.15, -0.1) is 0 Å². The van der Waals surface area contributed by atoms with Crippen LogP contribution in [0.15, 0.2) is 0 Å². The molecule has 2 rings (SSSR count). The lowest BCUT2D eigenvalue weighted by atomic mass is 9.66. The zero-order valence-electron chi connectivity index (χ0n) is 11.1. The van der Waals surface area contributed by atoms with Crippen molar-refractivity contribution in [2.45, 2.75) is 72.3 Å². The molecule has 1 atom stereocenters. The highest BCUT2D eigenvalue weighted by Gasteiger charge is 2.36. The van der Waals surface area contributed by atoms with Crippen molar-refractivity contribution in [2.75, 3.05) is 6.54 Å². The van der Waals surface area contributed by atoms with Crippen LogP contribution < -0.4 is 5.32 Å². The minimum Gasteiger partial charge on any atom is -0.314 e. The predicted octanol–water partition coefficient (Wildman–Crippen LogP) is 3.98. The number of hydrogen-bond acceptors (Lipinski definition) is 1. The first-order chi connectivity index (χ1) is 7.20. The summed E-state index contributed by atoms with van der Waals surface area (Å²) in [5, 5.41) is 3.66. The smallest absolute Gasteiger partial charge is 0.00391 e. The molecule has 0 amide bonds. The quantitative estimate of drug-likeness (QED) is 0.639. The molecule has 1 spiro atoms. The van der Waals surface area contributed by atoms with Crippen LogP contribution in [-0.4, -0.2) is 12.6 Å². The van der Waals surface area contributed by atoms with Gasteiger partial charge in [0.25, 0.3) is 0 Å². The van der Waals surface area contributed by atoms with E-state index in [0.29, 0.717) is 5.41 Å². The van der Waals surface area contributed by atoms with Gasteiger partial charge >= 0.3 is 0 Å². The summed E-state index contributed by atoms with van der Waals surface area (Å²) in [4.78, 5) is 0. The van der Waals surface area contributed by atoms with Crippen LogP contribution in [0.3, 0.4) is 0 Å². The minimum atomic E-state index is 0.707. The summed E-state index contributed by atoms with van der Waals surface area (Å²) in [6.07, 6.45) is 8.77. The minimum absolute atomic E-state index is 0.707. The third-order valence-corrected chi connectivity index (χ3v) is 4.27. The fraction of sp³-hybridized carbons (Fsp3) is 1.00. The van der Waals surface area contributed by atoms with Crippen molar-refractivity contribution < 1.29 is 0 Å². The van der Waals surface area contributed by atoms with E-state index < -0.39 is 0 Å². The Balaban J connectivity index is 0.000000531. The van der Waals surface area contributed by atoms with E-state index in [2.05, 4.69) is 19.2 Å². The number of rotatable bonds is 0. The third-order valence-electron chi connectivity index (χ3n) is 4.27. The molecule has 1 N–H and O–H groups in total. The monoisotopic (exact) mass is 211 g/mol. The second-order valence-electron chi connectivity index (χ2n) is 5.50. The largest absolute Gasteiger partial charge is 0.314 e. The molecular weight excluding hydrogens is 182 g/mol. The number of nitrogens with one attached hydrogen (secondary N) is 1. The molecule has 2 fully saturated rings. The Kier molecular flexibility index (Phi) is 5.11. The summed E-state index contributed by atoms with van der Waals surface area (Å²) in [5.41, 5.74) is 0.707. The summed E-state index contributed by atoms with van der Waals surface area (Å²) in [7, 11) is 0. The van der Waals surface area contributed by atoms with E-state index in [1.165, 1.54) is 45.1 Å². The predicted molar refractivity (Wildman–Crippen MR) is 68.1 cm³/mol. The van der Waals surface area contributed by atoms with Gasteiger partial charge in [-0.2, -0.15) is 0 Å². The number of piperidine rings is 1. The normalized spacial score (nSPS) is 40.8. The molecule has 1 aliphatic heterocycles. The van der Waals surface area contributed by atoms with Crippen molar-refractivity contribution >= 4 is 0 Å². The van der Waals surface area contributed by atoms with Gasteiger partial charge < -0.3 is 5.32 Å². The lowest BCUT2D eigenvalue weighted by Crippen LogP contribution is -2.46. The van der Waals surface area contributed by atoms with Crippen LogP contribution in [0.1, 0.15) is 66.2 Å². The van der Waals surface area contributed by atoms with Crippen LogP contribution in [0.25, 0.3) is 0 Å². The average Bonchev–Trinajstić information content (AvgIpc) is 2.30. The summed E-state index contributed by atoms with van der Waals surface area (Å²) in [5.74, 6) is 0.991. The van der Waals surface area contributed by atoms with Crippen molar-refractivity contribution in [3.05, 3.63) is 0 Å². The zero-order valence-corrected chi connectivity index (χ0v) is 11.1. The standard InChI is InChI=1S/C12H23N.C2H6/c1-10-3-6-12(7-4-10)8-5-11(2)13-9-12;1-2/h10-11,13H,3-9H2,1-2H3;1-2H3. The van der Waals surface area contributed by atoms with E-state index in [1.807, 2.05) is 13.8 Å². The molecule has 1 unspecified atom stereocenters. The molecule has 90 valence electrons. The Morgan fingerprint density at radius 2 is 1.47 bits per heavy atom. The first-order valence-corrected chi connectivity index (χ1v) is 6.94. The molecule has 1 aliphatic carbocycles. The molecule has 0 aromatic heterocycles. The average molecular weight is 211 g/mol. The topological polar surface area (TPSA) is 12.0 Å². The van der Waals surface area contributed by atoms with Crippen molar-refractivity contribution in [1.29, 1.82) is 0 Å². The van der Waals surface area contributed by atoms with Crippen molar-refractivity contribution in [3.63, 3.8) is 0 Å². The Hall–Kier alpha value is -0.0400. The van der Waals surface area contributed by atoms with Gasteiger partial charge in [-0.25, -0.2) is 0 Å². The van der Waals surface area contributed by atoms with E-state index >= 15 is 0 Å². The summed E-state index contributed by atoms with van der Waals surface area (Å²) in [6, 6.07) is 0.768. The van der Waals surface area contributed by atoms with Crippen LogP contribution >= 0.6 is 0 Å². The van der Waals surface area contributed by atoms with Gasteiger partial charge in [0.2, 0.25) is 0 Å². The van der Waals surface area contributed by atoms with Gasteiger partial charge in [-0.3, -0.25) is 0 Å². The second kappa shape index (κ2) is 5.89. The Labute approximate surface area is 96.0 Å². The highest BCUT2D eigenvalue weighted by atomic mass is 14.9. The van der Waals surface area contributed by atoms with Crippen LogP contribution in [0.4, 0.5) is 0 Å². The SMILES string of the molecule is CC.CC1CCC2(CC1)CCC(C)NC2. The molecule has 0 radical (unpaired) electrons. The molecule has 0 bridgehead atoms. The van der Waals surface area contributed by atoms with E-state index in [1.54, 1.807) is 0 Å². The maximum atomic E-state index is 3.66. The Morgan fingerprint density at radius 1 is 0.933 bits per heavy atom. The van der Waals surface area contributed by atoms with Crippen LogP contribution in [-0.2, 0) is 0 Å². The van der Waals surface area contributed by atoms with Crippen molar-refractivity contribution in [3.8, 4) is 0 Å². The summed E-state index contributed by atoms with van der Waals surface area (Å²) in [6.45, 7) is 10.0. The molecule has 1 saturated heterocycles. The molecule has 1 nitrogen and oxygen atoms in total. The zero-order chi connectivity index (χ0) is 11.3. The fourth-order valence-corrected chi connectivity index (χ4v) is 2.91. The summed E-state index contributed by atoms with van der Waals surface area (Å²) >= 11 is 0. The van der Waals surface area contributed by atoms with E-state index in [0.717, 1.165) is 12.0 Å². The molecular formula is C14H29N. The maximum Gasteiger partial charge on any atom is 0.00391 e. The molecule has 1 heterocycles. The van der Waals surface area contributed by atoms with Crippen LogP contribution in [0.5, 0.6) is 0 Å². The summed E-state index contributed by atoms with van der Waals surface area (Å²) < 4.78 is 0. The van der Waals surface area contributed by atoms with Gasteiger partial charge in [0, 0.05) is 12.6 Å². The van der Waals surface area contributed by atoms with E-state index in [4.69, 9.17) is 0 Å². The van der Waals surface area contributed by atoms with E-state index in [-0.39, 0.29) is 0 Å². The molecule has 0 aromatic carbocycles. The first-order valence-electron chi connectivity index (χ1n) is 6.94. The van der Waals surface area contributed by atoms with Gasteiger partial charge in [-0.1, -0.05) is 33.6 Å². The lowest BCUT2D eigenvalue weighted by molar-refractivity contribution is 0.102. The molecule has 1 saturated carbocycles. The van der Waals surface area contributed by atoms with Gasteiger partial charge in [0.05, 0.1) is 0 Å². The third kappa shape index (κ3) is 3.48. The van der Waals surface area contributed by atoms with Crippen molar-refractivity contribution in [1.82, 2.24) is 5.32 Å². The van der Waals surface area contributed by atoms with Crippen molar-refractivity contribution in [2.24, 2.45) is 11.3 Å². The molecule has 0 aromatic rings. The maximum absolute atomic E-state index is 3.66.